The van der Waals surface area contributed by atoms with Crippen LogP contribution in [0.5, 0.6) is 17.2 Å². The van der Waals surface area contributed by atoms with Crippen molar-refractivity contribution in [3.8, 4) is 17.2 Å². The van der Waals surface area contributed by atoms with Gasteiger partial charge in [-0.3, -0.25) is 0 Å². The molecule has 0 spiro atoms. The van der Waals surface area contributed by atoms with Gasteiger partial charge in [-0.1, -0.05) is 6.07 Å². The summed E-state index contributed by atoms with van der Waals surface area (Å²) in [5.41, 5.74) is 6.18. The lowest BCUT2D eigenvalue weighted by Crippen LogP contribution is -1.98. The minimum absolute atomic E-state index is 0.139. The van der Waals surface area contributed by atoms with Crippen molar-refractivity contribution in [1.29, 1.82) is 0 Å². The number of benzene rings is 2. The molecule has 2 aromatic carbocycles. The zero-order valence-electron chi connectivity index (χ0n) is 10.6. The van der Waals surface area contributed by atoms with E-state index in [1.807, 2.05) is 0 Å². The number of ether oxygens (including phenoxy) is 2. The van der Waals surface area contributed by atoms with Gasteiger partial charge in [-0.05, 0) is 61.7 Å². The second-order valence-corrected chi connectivity index (χ2v) is 5.70. The minimum Gasteiger partial charge on any atom is -0.496 e. The zero-order chi connectivity index (χ0) is 14.7. The van der Waals surface area contributed by atoms with Crippen molar-refractivity contribution in [2.75, 3.05) is 7.11 Å². The maximum Gasteiger partial charge on any atom is 0.166 e. The molecule has 0 bridgehead atoms. The standard InChI is InChI=1S/C14H12Br2FNO2/c1-19-13-5-10(16)14(6-9(13)15)20-12-3-2-8(7-18)4-11(12)17/h2-6H,7,18H2,1H3. The molecule has 20 heavy (non-hydrogen) atoms. The third-order valence-electron chi connectivity index (χ3n) is 2.66. The Morgan fingerprint density at radius 2 is 1.70 bits per heavy atom. The van der Waals surface area contributed by atoms with Crippen LogP contribution in [0.2, 0.25) is 0 Å². The van der Waals surface area contributed by atoms with Crippen LogP contribution in [0.15, 0.2) is 39.3 Å². The van der Waals surface area contributed by atoms with Crippen molar-refractivity contribution in [2.45, 2.75) is 6.54 Å². The third-order valence-corrected chi connectivity index (χ3v) is 3.90. The highest BCUT2D eigenvalue weighted by atomic mass is 79.9. The van der Waals surface area contributed by atoms with E-state index < -0.39 is 5.82 Å². The highest BCUT2D eigenvalue weighted by molar-refractivity contribution is 9.11. The average Bonchev–Trinajstić information content (AvgIpc) is 2.44. The fraction of sp³-hybridized carbons (Fsp3) is 0.143. The molecule has 0 aliphatic heterocycles. The van der Waals surface area contributed by atoms with Crippen molar-refractivity contribution < 1.29 is 13.9 Å². The Morgan fingerprint density at radius 1 is 1.05 bits per heavy atom. The molecule has 2 N–H and O–H groups in total. The second-order valence-electron chi connectivity index (χ2n) is 3.99. The molecule has 0 fully saturated rings. The summed E-state index contributed by atoms with van der Waals surface area (Å²) in [5, 5.41) is 0. The van der Waals surface area contributed by atoms with Crippen LogP contribution >= 0.6 is 31.9 Å². The van der Waals surface area contributed by atoms with Crippen molar-refractivity contribution in [1.82, 2.24) is 0 Å². The third kappa shape index (κ3) is 3.31. The van der Waals surface area contributed by atoms with Gasteiger partial charge in [-0.15, -0.1) is 0 Å². The number of rotatable bonds is 4. The fourth-order valence-corrected chi connectivity index (χ4v) is 2.51. The number of hydrogen-bond donors (Lipinski definition) is 1. The predicted octanol–water partition coefficient (Wildman–Crippen LogP) is 4.61. The number of hydrogen-bond acceptors (Lipinski definition) is 3. The van der Waals surface area contributed by atoms with Crippen LogP contribution in [0.3, 0.4) is 0 Å². The van der Waals surface area contributed by atoms with Crippen molar-refractivity contribution in [2.24, 2.45) is 5.73 Å². The first-order valence-corrected chi connectivity index (χ1v) is 7.33. The van der Waals surface area contributed by atoms with E-state index in [9.17, 15) is 4.39 Å². The van der Waals surface area contributed by atoms with Crippen molar-refractivity contribution >= 4 is 31.9 Å². The normalized spacial score (nSPS) is 10.4. The summed E-state index contributed by atoms with van der Waals surface area (Å²) in [7, 11) is 1.57. The van der Waals surface area contributed by atoms with E-state index in [0.29, 0.717) is 21.5 Å². The lowest BCUT2D eigenvalue weighted by atomic mass is 10.2. The van der Waals surface area contributed by atoms with E-state index >= 15 is 0 Å². The molecule has 0 radical (unpaired) electrons. The molecule has 6 heteroatoms. The Bertz CT molecular complexity index is 635. The van der Waals surface area contributed by atoms with E-state index in [4.69, 9.17) is 15.2 Å². The van der Waals surface area contributed by atoms with Gasteiger partial charge in [-0.25, -0.2) is 4.39 Å². The molecule has 0 aliphatic rings. The maximum absolute atomic E-state index is 13.9. The van der Waals surface area contributed by atoms with E-state index in [0.717, 1.165) is 4.47 Å². The molecule has 2 rings (SSSR count). The van der Waals surface area contributed by atoms with Gasteiger partial charge in [0.15, 0.2) is 11.6 Å². The summed E-state index contributed by atoms with van der Waals surface area (Å²) in [6, 6.07) is 8.10. The molecule has 106 valence electrons. The lowest BCUT2D eigenvalue weighted by molar-refractivity contribution is 0.407. The molecule has 0 aliphatic carbocycles. The van der Waals surface area contributed by atoms with Gasteiger partial charge in [0.2, 0.25) is 0 Å². The van der Waals surface area contributed by atoms with Gasteiger partial charge < -0.3 is 15.2 Å². The monoisotopic (exact) mass is 403 g/mol. The molecular weight excluding hydrogens is 393 g/mol. The number of nitrogens with two attached hydrogens (primary N) is 1. The average molecular weight is 405 g/mol. The molecular formula is C14H12Br2FNO2. The first kappa shape index (κ1) is 15.3. The summed E-state index contributed by atoms with van der Waals surface area (Å²) in [5.74, 6) is 0.826. The molecule has 0 amide bonds. The summed E-state index contributed by atoms with van der Waals surface area (Å²) in [4.78, 5) is 0. The summed E-state index contributed by atoms with van der Waals surface area (Å²) >= 11 is 6.72. The SMILES string of the molecule is COc1cc(Br)c(Oc2ccc(CN)cc2F)cc1Br. The lowest BCUT2D eigenvalue weighted by Gasteiger charge is -2.12. The van der Waals surface area contributed by atoms with Crippen LogP contribution in [0.1, 0.15) is 5.56 Å². The van der Waals surface area contributed by atoms with Crippen LogP contribution < -0.4 is 15.2 Å². The van der Waals surface area contributed by atoms with E-state index in [2.05, 4.69) is 31.9 Å². The quantitative estimate of drug-likeness (QED) is 0.809. The maximum atomic E-state index is 13.9. The Kier molecular flexibility index (Phi) is 5.01. The van der Waals surface area contributed by atoms with Gasteiger partial charge in [-0.2, -0.15) is 0 Å². The molecule has 0 saturated carbocycles. The molecule has 2 aromatic rings. The Hall–Kier alpha value is -1.11. The Labute approximate surface area is 133 Å². The second kappa shape index (κ2) is 6.56. The van der Waals surface area contributed by atoms with Crippen LogP contribution in [-0.4, -0.2) is 7.11 Å². The van der Waals surface area contributed by atoms with Crippen LogP contribution in [0.25, 0.3) is 0 Å². The van der Waals surface area contributed by atoms with Gasteiger partial charge >= 0.3 is 0 Å². The topological polar surface area (TPSA) is 44.5 Å². The van der Waals surface area contributed by atoms with Gasteiger partial charge in [0.05, 0.1) is 16.1 Å². The highest BCUT2D eigenvalue weighted by Gasteiger charge is 2.11. The molecule has 3 nitrogen and oxygen atoms in total. The summed E-state index contributed by atoms with van der Waals surface area (Å²) < 4.78 is 26.0. The molecule has 0 heterocycles. The first-order valence-electron chi connectivity index (χ1n) is 5.74. The first-order chi connectivity index (χ1) is 9.55. The molecule has 0 unspecified atom stereocenters. The molecule has 0 saturated heterocycles. The summed E-state index contributed by atoms with van der Waals surface area (Å²) in [6.45, 7) is 0.287. The van der Waals surface area contributed by atoms with Crippen LogP contribution in [0, 0.1) is 5.82 Å². The van der Waals surface area contributed by atoms with Crippen LogP contribution in [0.4, 0.5) is 4.39 Å². The predicted molar refractivity (Wildman–Crippen MR) is 82.8 cm³/mol. The number of methoxy groups -OCH3 is 1. The van der Waals surface area contributed by atoms with Crippen molar-refractivity contribution in [3.63, 3.8) is 0 Å². The van der Waals surface area contributed by atoms with Crippen LogP contribution in [-0.2, 0) is 6.54 Å². The van der Waals surface area contributed by atoms with E-state index in [1.165, 1.54) is 6.07 Å². The van der Waals surface area contributed by atoms with E-state index in [1.54, 1.807) is 31.4 Å². The highest BCUT2D eigenvalue weighted by Crippen LogP contribution is 2.38. The molecule has 0 aromatic heterocycles. The largest absolute Gasteiger partial charge is 0.496 e. The fourth-order valence-electron chi connectivity index (χ4n) is 1.62. The van der Waals surface area contributed by atoms with Gasteiger partial charge in [0.25, 0.3) is 0 Å². The van der Waals surface area contributed by atoms with Crippen molar-refractivity contribution in [3.05, 3.63) is 50.7 Å². The van der Waals surface area contributed by atoms with E-state index in [-0.39, 0.29) is 12.3 Å². The Morgan fingerprint density at radius 3 is 2.30 bits per heavy atom. The van der Waals surface area contributed by atoms with Gasteiger partial charge in [0, 0.05) is 6.54 Å². The van der Waals surface area contributed by atoms with Gasteiger partial charge in [0.1, 0.15) is 11.5 Å². The minimum atomic E-state index is -0.452. The molecule has 0 atom stereocenters. The summed E-state index contributed by atoms with van der Waals surface area (Å²) in [6.07, 6.45) is 0. The Balaban J connectivity index is 2.32. The number of halogens is 3. The smallest absolute Gasteiger partial charge is 0.166 e. The zero-order valence-corrected chi connectivity index (χ0v) is 13.8.